The fraction of sp³-hybridized carbons (Fsp3) is 0.611. The van der Waals surface area contributed by atoms with Gasteiger partial charge in [-0.05, 0) is 45.7 Å². The van der Waals surface area contributed by atoms with Crippen LogP contribution < -0.4 is 5.73 Å². The normalized spacial score (nSPS) is 17.4. The van der Waals surface area contributed by atoms with Gasteiger partial charge in [-0.1, -0.05) is 13.8 Å². The van der Waals surface area contributed by atoms with Gasteiger partial charge in [0.15, 0.2) is 5.82 Å². The second kappa shape index (κ2) is 7.29. The van der Waals surface area contributed by atoms with E-state index in [1.54, 1.807) is 4.90 Å². The van der Waals surface area contributed by atoms with Gasteiger partial charge in [-0.3, -0.25) is 0 Å². The number of nitrogens with two attached hydrogens (primary N) is 1. The van der Waals surface area contributed by atoms with Crippen molar-refractivity contribution in [3.05, 3.63) is 23.7 Å². The van der Waals surface area contributed by atoms with Gasteiger partial charge in [-0.2, -0.15) is 5.10 Å². The third kappa shape index (κ3) is 4.03. The lowest BCUT2D eigenvalue weighted by Crippen LogP contribution is -2.35. The molecule has 0 spiro atoms. The smallest absolute Gasteiger partial charge is 0.410 e. The number of amides is 1. The van der Waals surface area contributed by atoms with Gasteiger partial charge in [0.05, 0.1) is 0 Å². The highest BCUT2D eigenvalue weighted by molar-refractivity contribution is 5.71. The van der Waals surface area contributed by atoms with Crippen molar-refractivity contribution >= 4 is 17.4 Å². The van der Waals surface area contributed by atoms with Gasteiger partial charge in [-0.15, -0.1) is 0 Å². The molecule has 1 amide bonds. The number of likely N-dealkylation sites (tertiary alicyclic amines) is 1. The number of aromatic nitrogens is 3. The summed E-state index contributed by atoms with van der Waals surface area (Å²) in [6, 6.07) is 2.09. The molecule has 0 saturated carbocycles. The van der Waals surface area contributed by atoms with Crippen molar-refractivity contribution in [3.8, 4) is 0 Å². The zero-order valence-electron chi connectivity index (χ0n) is 16.0. The van der Waals surface area contributed by atoms with Crippen molar-refractivity contribution in [2.45, 2.75) is 59.5 Å². The van der Waals surface area contributed by atoms with Crippen LogP contribution in [0.1, 0.15) is 58.2 Å². The summed E-state index contributed by atoms with van der Waals surface area (Å²) >= 11 is 0. The summed E-state index contributed by atoms with van der Waals surface area (Å²) in [4.78, 5) is 18.0. The van der Waals surface area contributed by atoms with Crippen LogP contribution in [0.4, 0.5) is 10.6 Å². The Morgan fingerprint density at radius 3 is 2.68 bits per heavy atom. The maximum Gasteiger partial charge on any atom is 0.410 e. The van der Waals surface area contributed by atoms with Crippen LogP contribution >= 0.6 is 0 Å². The second-order valence-corrected chi connectivity index (χ2v) is 7.07. The number of aryl methyl sites for hydroxylation is 1. The van der Waals surface area contributed by atoms with Crippen molar-refractivity contribution in [3.63, 3.8) is 0 Å². The first-order valence-corrected chi connectivity index (χ1v) is 8.83. The molecule has 0 aromatic carbocycles. The van der Waals surface area contributed by atoms with Crippen LogP contribution in [0.2, 0.25) is 0 Å². The Balaban J connectivity index is 0.00000109. The van der Waals surface area contributed by atoms with Crippen molar-refractivity contribution in [1.82, 2.24) is 19.5 Å². The summed E-state index contributed by atoms with van der Waals surface area (Å²) in [5.74, 6) is 0.698. The number of carbonyl (C=O) groups is 1. The number of fused-ring (bicyclic) bond motifs is 1. The topological polar surface area (TPSA) is 85.8 Å². The maximum absolute atomic E-state index is 12.2. The van der Waals surface area contributed by atoms with Crippen LogP contribution in [-0.4, -0.2) is 44.3 Å². The summed E-state index contributed by atoms with van der Waals surface area (Å²) in [5.41, 5.74) is 8.44. The van der Waals surface area contributed by atoms with E-state index in [0.717, 1.165) is 23.2 Å². The molecular weight excluding hydrogens is 318 g/mol. The molecule has 1 aliphatic heterocycles. The van der Waals surface area contributed by atoms with E-state index in [2.05, 4.69) is 16.1 Å². The number of ether oxygens (including phenoxy) is 1. The van der Waals surface area contributed by atoms with E-state index in [1.165, 1.54) is 6.33 Å². The summed E-state index contributed by atoms with van der Waals surface area (Å²) in [6.07, 6.45) is 2.09. The van der Waals surface area contributed by atoms with Crippen molar-refractivity contribution in [2.24, 2.45) is 0 Å². The summed E-state index contributed by atoms with van der Waals surface area (Å²) in [5, 5.41) is 4.33. The predicted molar refractivity (Wildman–Crippen MR) is 98.6 cm³/mol. The van der Waals surface area contributed by atoms with Crippen molar-refractivity contribution in [2.75, 3.05) is 18.8 Å². The lowest BCUT2D eigenvalue weighted by atomic mass is 10.1. The maximum atomic E-state index is 12.2. The minimum absolute atomic E-state index is 0.220. The fourth-order valence-corrected chi connectivity index (χ4v) is 3.07. The Bertz CT molecular complexity index is 748. The molecule has 1 unspecified atom stereocenters. The number of hydrogen-bond acceptors (Lipinski definition) is 5. The lowest BCUT2D eigenvalue weighted by Gasteiger charge is -2.24. The van der Waals surface area contributed by atoms with Crippen LogP contribution in [0.5, 0.6) is 0 Å². The summed E-state index contributed by atoms with van der Waals surface area (Å²) in [7, 11) is 0. The molecule has 2 aromatic rings. The first kappa shape index (κ1) is 19.0. The third-order valence-corrected chi connectivity index (χ3v) is 4.06. The van der Waals surface area contributed by atoms with Gasteiger partial charge in [0.1, 0.15) is 17.4 Å². The van der Waals surface area contributed by atoms with Gasteiger partial charge < -0.3 is 15.4 Å². The number of hydrogen-bond donors (Lipinski definition) is 1. The minimum atomic E-state index is -0.477. The summed E-state index contributed by atoms with van der Waals surface area (Å²) in [6.45, 7) is 12.9. The molecule has 1 saturated heterocycles. The van der Waals surface area contributed by atoms with Gasteiger partial charge in [0, 0.05) is 24.7 Å². The molecule has 1 atom stereocenters. The molecule has 1 fully saturated rings. The molecule has 2 N–H and O–H groups in total. The van der Waals surface area contributed by atoms with Crippen LogP contribution in [-0.2, 0) is 4.74 Å². The van der Waals surface area contributed by atoms with Crippen LogP contribution in [0.15, 0.2) is 12.4 Å². The number of rotatable bonds is 1. The highest BCUT2D eigenvalue weighted by Gasteiger charge is 2.32. The molecule has 7 heteroatoms. The van der Waals surface area contributed by atoms with Crippen LogP contribution in [0, 0.1) is 6.92 Å². The van der Waals surface area contributed by atoms with Crippen molar-refractivity contribution < 1.29 is 9.53 Å². The Labute approximate surface area is 149 Å². The molecule has 7 nitrogen and oxygen atoms in total. The zero-order valence-corrected chi connectivity index (χ0v) is 16.0. The Morgan fingerprint density at radius 1 is 1.36 bits per heavy atom. The fourth-order valence-electron chi connectivity index (χ4n) is 3.07. The average Bonchev–Trinajstić information content (AvgIpc) is 3.13. The lowest BCUT2D eigenvalue weighted by molar-refractivity contribution is 0.0292. The predicted octanol–water partition coefficient (Wildman–Crippen LogP) is 3.37. The van der Waals surface area contributed by atoms with Crippen LogP contribution in [0.25, 0.3) is 5.52 Å². The molecule has 3 heterocycles. The molecule has 2 aromatic heterocycles. The molecule has 0 radical (unpaired) electrons. The molecule has 0 bridgehead atoms. The average molecular weight is 347 g/mol. The van der Waals surface area contributed by atoms with E-state index in [-0.39, 0.29) is 12.0 Å². The first-order chi connectivity index (χ1) is 11.8. The second-order valence-electron chi connectivity index (χ2n) is 7.07. The Hall–Kier alpha value is -2.31. The number of carbonyl (C=O) groups excluding carboxylic acids is 1. The quantitative estimate of drug-likeness (QED) is 0.855. The first-order valence-electron chi connectivity index (χ1n) is 8.83. The SMILES string of the molecule is CC.Cc1cc(C2CCN(C(=O)OC(C)(C)C)C2)n2ncnc(N)c12. The molecule has 3 rings (SSSR count). The molecule has 138 valence electrons. The standard InChI is InChI=1S/C16H23N5O2.C2H6/c1-10-7-12(21-13(10)14(17)18-9-19-21)11-5-6-20(8-11)15(22)23-16(2,3)4;1-2/h7,9,11H,5-6,8H2,1-4H3,(H2,17,18,19);1-2H3. The molecule has 1 aliphatic rings. The van der Waals surface area contributed by atoms with E-state index in [0.29, 0.717) is 18.9 Å². The Kier molecular flexibility index (Phi) is 5.55. The van der Waals surface area contributed by atoms with Gasteiger partial charge in [0.2, 0.25) is 0 Å². The highest BCUT2D eigenvalue weighted by Crippen LogP contribution is 2.31. The molecular formula is C18H29N5O2. The van der Waals surface area contributed by atoms with Gasteiger partial charge in [0.25, 0.3) is 0 Å². The number of nitrogen functional groups attached to an aromatic ring is 1. The third-order valence-electron chi connectivity index (χ3n) is 4.06. The van der Waals surface area contributed by atoms with E-state index in [1.807, 2.05) is 46.1 Å². The highest BCUT2D eigenvalue weighted by atomic mass is 16.6. The van der Waals surface area contributed by atoms with Crippen molar-refractivity contribution in [1.29, 1.82) is 0 Å². The van der Waals surface area contributed by atoms with E-state index < -0.39 is 5.60 Å². The van der Waals surface area contributed by atoms with Gasteiger partial charge in [-0.25, -0.2) is 14.3 Å². The van der Waals surface area contributed by atoms with Gasteiger partial charge >= 0.3 is 6.09 Å². The summed E-state index contributed by atoms with van der Waals surface area (Å²) < 4.78 is 7.30. The van der Waals surface area contributed by atoms with E-state index >= 15 is 0 Å². The molecule has 25 heavy (non-hydrogen) atoms. The van der Waals surface area contributed by atoms with E-state index in [4.69, 9.17) is 10.5 Å². The monoisotopic (exact) mass is 347 g/mol. The zero-order chi connectivity index (χ0) is 18.8. The minimum Gasteiger partial charge on any atom is -0.444 e. The van der Waals surface area contributed by atoms with Crippen LogP contribution in [0.3, 0.4) is 0 Å². The van der Waals surface area contributed by atoms with E-state index in [9.17, 15) is 4.79 Å². The largest absolute Gasteiger partial charge is 0.444 e. The number of nitrogens with zero attached hydrogens (tertiary/aromatic N) is 4. The Morgan fingerprint density at radius 2 is 2.04 bits per heavy atom. The number of anilines is 1. The molecule has 0 aliphatic carbocycles.